The fourth-order valence-electron chi connectivity index (χ4n) is 2.68. The van der Waals surface area contributed by atoms with Crippen LogP contribution in [0, 0.1) is 5.92 Å². The molecule has 1 aromatic rings. The summed E-state index contributed by atoms with van der Waals surface area (Å²) in [6, 6.07) is 7.44. The highest BCUT2D eigenvalue weighted by atomic mass is 32.2. The molecule has 1 atom stereocenters. The van der Waals surface area contributed by atoms with Crippen molar-refractivity contribution in [2.45, 2.75) is 38.5 Å². The molecule has 0 aromatic heterocycles. The van der Waals surface area contributed by atoms with Gasteiger partial charge in [0.05, 0.1) is 0 Å². The summed E-state index contributed by atoms with van der Waals surface area (Å²) in [5.41, 5.74) is 1.71. The molecule has 0 spiro atoms. The van der Waals surface area contributed by atoms with Gasteiger partial charge in [-0.1, -0.05) is 25.7 Å². The van der Waals surface area contributed by atoms with Crippen molar-refractivity contribution in [3.63, 3.8) is 0 Å². The van der Waals surface area contributed by atoms with Gasteiger partial charge in [0.2, 0.25) is 0 Å². The molecule has 0 radical (unpaired) electrons. The molecular formula is C14H22N2O2S. The molecule has 0 amide bonds. The fourth-order valence-corrected chi connectivity index (χ4v) is 3.02. The minimum atomic E-state index is -2.00. The van der Waals surface area contributed by atoms with Gasteiger partial charge in [0.25, 0.3) is 11.3 Å². The van der Waals surface area contributed by atoms with Gasteiger partial charge >= 0.3 is 0 Å². The maximum Gasteiger partial charge on any atom is 0.259 e. The molecule has 1 aliphatic carbocycles. The number of benzene rings is 1. The standard InChI is InChI=1S/C14H22N2O2S/c17-19(18)16-14-9-7-13(8-10-14)15-11-3-6-12-4-1-2-5-12/h7-10,12,15-16H,1-6,11H2,(H,17,18). The molecule has 1 aromatic carbocycles. The van der Waals surface area contributed by atoms with Crippen LogP contribution in [0.5, 0.6) is 0 Å². The molecular weight excluding hydrogens is 260 g/mol. The van der Waals surface area contributed by atoms with Crippen LogP contribution in [0.25, 0.3) is 0 Å². The summed E-state index contributed by atoms with van der Waals surface area (Å²) in [5.74, 6) is 0.952. The van der Waals surface area contributed by atoms with Crippen molar-refractivity contribution in [3.05, 3.63) is 24.3 Å². The van der Waals surface area contributed by atoms with Crippen LogP contribution in [0.1, 0.15) is 38.5 Å². The molecule has 0 aliphatic heterocycles. The van der Waals surface area contributed by atoms with Crippen molar-refractivity contribution in [2.75, 3.05) is 16.6 Å². The Labute approximate surface area is 117 Å². The zero-order valence-electron chi connectivity index (χ0n) is 11.1. The summed E-state index contributed by atoms with van der Waals surface area (Å²) < 4.78 is 21.7. The van der Waals surface area contributed by atoms with Crippen molar-refractivity contribution >= 4 is 22.6 Å². The monoisotopic (exact) mass is 282 g/mol. The molecule has 106 valence electrons. The summed E-state index contributed by atoms with van der Waals surface area (Å²) in [6.45, 7) is 0.995. The molecule has 5 heteroatoms. The SMILES string of the molecule is O=S(O)Nc1ccc(NCCCC2CCCC2)cc1. The molecule has 1 fully saturated rings. The normalized spacial score (nSPS) is 17.3. The molecule has 4 nitrogen and oxygen atoms in total. The molecule has 19 heavy (non-hydrogen) atoms. The summed E-state index contributed by atoms with van der Waals surface area (Å²) >= 11 is -2.00. The molecule has 0 heterocycles. The first-order valence-electron chi connectivity index (χ1n) is 6.95. The van der Waals surface area contributed by atoms with E-state index in [1.807, 2.05) is 12.1 Å². The highest BCUT2D eigenvalue weighted by Gasteiger charge is 2.13. The maximum absolute atomic E-state index is 10.6. The summed E-state index contributed by atoms with van der Waals surface area (Å²) in [7, 11) is 0. The lowest BCUT2D eigenvalue weighted by Gasteiger charge is -2.10. The molecule has 3 N–H and O–H groups in total. The molecule has 0 saturated heterocycles. The van der Waals surface area contributed by atoms with E-state index < -0.39 is 11.3 Å². The maximum atomic E-state index is 10.6. The topological polar surface area (TPSA) is 61.4 Å². The van der Waals surface area contributed by atoms with Gasteiger partial charge in [-0.05, 0) is 43.0 Å². The predicted octanol–water partition coefficient (Wildman–Crippen LogP) is 3.62. The quantitative estimate of drug-likeness (QED) is 0.529. The fraction of sp³-hybridized carbons (Fsp3) is 0.571. The first-order valence-corrected chi connectivity index (χ1v) is 8.06. The molecule has 1 aliphatic rings. The van der Waals surface area contributed by atoms with Gasteiger partial charge in [-0.3, -0.25) is 9.27 Å². The minimum absolute atomic E-state index is 0.650. The first-order chi connectivity index (χ1) is 9.24. The van der Waals surface area contributed by atoms with Crippen LogP contribution < -0.4 is 10.0 Å². The highest BCUT2D eigenvalue weighted by Crippen LogP contribution is 2.28. The molecule has 2 rings (SSSR count). The van der Waals surface area contributed by atoms with Crippen LogP contribution in [-0.4, -0.2) is 15.3 Å². The van der Waals surface area contributed by atoms with Crippen LogP contribution >= 0.6 is 0 Å². The number of hydrogen-bond donors (Lipinski definition) is 3. The lowest BCUT2D eigenvalue weighted by molar-refractivity contribution is 0.491. The van der Waals surface area contributed by atoms with Crippen molar-refractivity contribution in [1.82, 2.24) is 0 Å². The average molecular weight is 282 g/mol. The summed E-state index contributed by atoms with van der Waals surface area (Å²) in [4.78, 5) is 0. The zero-order chi connectivity index (χ0) is 13.5. The Morgan fingerprint density at radius 1 is 1.16 bits per heavy atom. The van der Waals surface area contributed by atoms with Crippen molar-refractivity contribution in [3.8, 4) is 0 Å². The van der Waals surface area contributed by atoms with E-state index in [1.54, 1.807) is 12.1 Å². The summed E-state index contributed by atoms with van der Waals surface area (Å²) in [5, 5.41) is 3.38. The lowest BCUT2D eigenvalue weighted by Crippen LogP contribution is -2.05. The van der Waals surface area contributed by atoms with E-state index in [1.165, 1.54) is 38.5 Å². The third kappa shape index (κ3) is 5.20. The lowest BCUT2D eigenvalue weighted by atomic mass is 10.0. The Balaban J connectivity index is 1.66. The second kappa shape index (κ2) is 7.50. The number of nitrogens with one attached hydrogen (secondary N) is 2. The third-order valence-electron chi connectivity index (χ3n) is 3.68. The second-order valence-electron chi connectivity index (χ2n) is 5.15. The van der Waals surface area contributed by atoms with Crippen LogP contribution in [0.4, 0.5) is 11.4 Å². The Hall–Kier alpha value is -1.07. The van der Waals surface area contributed by atoms with Crippen LogP contribution in [0.3, 0.4) is 0 Å². The summed E-state index contributed by atoms with van der Waals surface area (Å²) in [6.07, 6.45) is 8.20. The Kier molecular flexibility index (Phi) is 5.66. The van der Waals surface area contributed by atoms with Gasteiger partial charge in [-0.2, -0.15) is 0 Å². The van der Waals surface area contributed by atoms with Gasteiger partial charge in [0, 0.05) is 17.9 Å². The van der Waals surface area contributed by atoms with Gasteiger partial charge in [0.15, 0.2) is 0 Å². The zero-order valence-corrected chi connectivity index (χ0v) is 11.9. The number of rotatable bonds is 7. The first kappa shape index (κ1) is 14.3. The smallest absolute Gasteiger partial charge is 0.259 e. The van der Waals surface area contributed by atoms with E-state index in [0.717, 1.165) is 18.2 Å². The molecule has 0 bridgehead atoms. The average Bonchev–Trinajstić information content (AvgIpc) is 2.89. The van der Waals surface area contributed by atoms with E-state index >= 15 is 0 Å². The highest BCUT2D eigenvalue weighted by molar-refractivity contribution is 7.80. The Bertz CT molecular complexity index is 402. The van der Waals surface area contributed by atoms with E-state index in [9.17, 15) is 4.21 Å². The van der Waals surface area contributed by atoms with Gasteiger partial charge in [-0.15, -0.1) is 0 Å². The van der Waals surface area contributed by atoms with Gasteiger partial charge < -0.3 is 5.32 Å². The van der Waals surface area contributed by atoms with Crippen molar-refractivity contribution in [1.29, 1.82) is 0 Å². The minimum Gasteiger partial charge on any atom is -0.385 e. The van der Waals surface area contributed by atoms with Crippen molar-refractivity contribution in [2.24, 2.45) is 5.92 Å². The molecule has 1 saturated carbocycles. The third-order valence-corrected chi connectivity index (χ3v) is 4.09. The largest absolute Gasteiger partial charge is 0.385 e. The van der Waals surface area contributed by atoms with E-state index in [0.29, 0.717) is 5.69 Å². The Morgan fingerprint density at radius 2 is 1.79 bits per heavy atom. The van der Waals surface area contributed by atoms with Gasteiger partial charge in [-0.25, -0.2) is 4.21 Å². The van der Waals surface area contributed by atoms with Gasteiger partial charge in [0.1, 0.15) is 0 Å². The predicted molar refractivity (Wildman–Crippen MR) is 80.5 cm³/mol. The Morgan fingerprint density at radius 3 is 2.42 bits per heavy atom. The van der Waals surface area contributed by atoms with E-state index in [2.05, 4.69) is 10.0 Å². The second-order valence-corrected chi connectivity index (χ2v) is 5.85. The van der Waals surface area contributed by atoms with E-state index in [-0.39, 0.29) is 0 Å². The van der Waals surface area contributed by atoms with Crippen LogP contribution in [0.15, 0.2) is 24.3 Å². The number of anilines is 2. The number of hydrogen-bond acceptors (Lipinski definition) is 2. The molecule has 1 unspecified atom stereocenters. The van der Waals surface area contributed by atoms with Crippen LogP contribution in [0.2, 0.25) is 0 Å². The van der Waals surface area contributed by atoms with Crippen LogP contribution in [-0.2, 0) is 11.3 Å². The van der Waals surface area contributed by atoms with Crippen molar-refractivity contribution < 1.29 is 8.76 Å². The van der Waals surface area contributed by atoms with E-state index in [4.69, 9.17) is 4.55 Å².